The highest BCUT2D eigenvalue weighted by atomic mass is 16.3. The van der Waals surface area contributed by atoms with Crippen LogP contribution in [0.5, 0.6) is 0 Å². The molecule has 0 saturated carbocycles. The number of rotatable bonds is 8. The molecule has 3 nitrogen and oxygen atoms in total. The van der Waals surface area contributed by atoms with Crippen LogP contribution in [0.25, 0.3) is 0 Å². The lowest BCUT2D eigenvalue weighted by molar-refractivity contribution is 0.0856. The van der Waals surface area contributed by atoms with Crippen LogP contribution >= 0.6 is 0 Å². The smallest absolute Gasteiger partial charge is 0.0497 e. The van der Waals surface area contributed by atoms with Crippen molar-refractivity contribution in [1.82, 2.24) is 9.80 Å². The van der Waals surface area contributed by atoms with E-state index in [1.54, 1.807) is 0 Å². The summed E-state index contributed by atoms with van der Waals surface area (Å²) in [6.45, 7) is 15.0. The average Bonchev–Trinajstić information content (AvgIpc) is 2.79. The molecule has 1 fully saturated rings. The highest BCUT2D eigenvalue weighted by Gasteiger charge is 2.31. The van der Waals surface area contributed by atoms with Gasteiger partial charge in [0, 0.05) is 31.2 Å². The molecule has 0 radical (unpaired) electrons. The number of hydrogen-bond donors (Lipinski definition) is 1. The van der Waals surface area contributed by atoms with E-state index >= 15 is 0 Å². The van der Waals surface area contributed by atoms with E-state index in [0.717, 1.165) is 38.5 Å². The number of aliphatic hydroxyl groups is 1. The lowest BCUT2D eigenvalue weighted by Crippen LogP contribution is -2.41. The molecule has 0 aliphatic carbocycles. The van der Waals surface area contributed by atoms with E-state index in [9.17, 15) is 5.11 Å². The van der Waals surface area contributed by atoms with Gasteiger partial charge in [0.15, 0.2) is 0 Å². The zero-order valence-corrected chi connectivity index (χ0v) is 12.8. The Kier molecular flexibility index (Phi) is 6.61. The van der Waals surface area contributed by atoms with E-state index in [0.29, 0.717) is 6.61 Å². The lowest BCUT2D eigenvalue weighted by Gasteiger charge is -2.33. The van der Waals surface area contributed by atoms with Crippen LogP contribution in [0.2, 0.25) is 0 Å². The average molecular weight is 256 g/mol. The first-order valence-electron chi connectivity index (χ1n) is 7.65. The fourth-order valence-electron chi connectivity index (χ4n) is 3.35. The summed E-state index contributed by atoms with van der Waals surface area (Å²) in [5.41, 5.74) is 0.0902. The summed E-state index contributed by atoms with van der Waals surface area (Å²) >= 11 is 0. The van der Waals surface area contributed by atoms with Gasteiger partial charge >= 0.3 is 0 Å². The van der Waals surface area contributed by atoms with Crippen molar-refractivity contribution < 1.29 is 5.11 Å². The molecule has 18 heavy (non-hydrogen) atoms. The molecule has 2 unspecified atom stereocenters. The Morgan fingerprint density at radius 1 is 1.28 bits per heavy atom. The van der Waals surface area contributed by atoms with E-state index in [1.165, 1.54) is 19.5 Å². The summed E-state index contributed by atoms with van der Waals surface area (Å²) in [5.74, 6) is 0. The minimum atomic E-state index is 0.0902. The van der Waals surface area contributed by atoms with Gasteiger partial charge in [0.2, 0.25) is 0 Å². The zero-order chi connectivity index (χ0) is 13.6. The van der Waals surface area contributed by atoms with Gasteiger partial charge < -0.3 is 10.0 Å². The molecule has 1 heterocycles. The summed E-state index contributed by atoms with van der Waals surface area (Å²) < 4.78 is 0. The number of likely N-dealkylation sites (tertiary alicyclic amines) is 1. The molecular formula is C15H32N2O. The van der Waals surface area contributed by atoms with Crippen molar-refractivity contribution in [2.45, 2.75) is 53.0 Å². The predicted octanol–water partition coefficient (Wildman–Crippen LogP) is 2.20. The van der Waals surface area contributed by atoms with Crippen LogP contribution in [0.1, 0.15) is 47.0 Å². The van der Waals surface area contributed by atoms with Crippen LogP contribution < -0.4 is 0 Å². The third kappa shape index (κ3) is 4.22. The Morgan fingerprint density at radius 3 is 2.44 bits per heavy atom. The molecule has 108 valence electrons. The second kappa shape index (κ2) is 7.46. The van der Waals surface area contributed by atoms with Crippen molar-refractivity contribution in [3.8, 4) is 0 Å². The molecule has 2 atom stereocenters. The third-order valence-corrected chi connectivity index (χ3v) is 4.42. The van der Waals surface area contributed by atoms with Crippen molar-refractivity contribution >= 4 is 0 Å². The molecule has 1 N–H and O–H groups in total. The molecule has 1 saturated heterocycles. The quantitative estimate of drug-likeness (QED) is 0.721. The standard InChI is InChI=1S/C15H32N2O/c1-5-9-15(4,13-18)12-16-10-8-14(11-16)17(6-2)7-3/h14,18H,5-13H2,1-4H3. The predicted molar refractivity (Wildman–Crippen MR) is 77.9 cm³/mol. The normalized spacial score (nSPS) is 24.7. The van der Waals surface area contributed by atoms with Gasteiger partial charge in [-0.25, -0.2) is 0 Å². The van der Waals surface area contributed by atoms with Gasteiger partial charge in [-0.1, -0.05) is 34.1 Å². The van der Waals surface area contributed by atoms with E-state index < -0.39 is 0 Å². The maximum absolute atomic E-state index is 9.61. The summed E-state index contributed by atoms with van der Waals surface area (Å²) in [7, 11) is 0. The molecule has 0 aromatic heterocycles. The molecule has 0 aromatic rings. The van der Waals surface area contributed by atoms with Gasteiger partial charge in [0.05, 0.1) is 0 Å². The number of aliphatic hydroxyl groups excluding tert-OH is 1. The molecule has 0 spiro atoms. The molecule has 1 aliphatic heterocycles. The van der Waals surface area contributed by atoms with Crippen molar-refractivity contribution in [1.29, 1.82) is 0 Å². The molecular weight excluding hydrogens is 224 g/mol. The summed E-state index contributed by atoms with van der Waals surface area (Å²) in [4.78, 5) is 5.12. The zero-order valence-electron chi connectivity index (χ0n) is 12.8. The molecule has 0 aromatic carbocycles. The third-order valence-electron chi connectivity index (χ3n) is 4.42. The van der Waals surface area contributed by atoms with Gasteiger partial charge in [0.1, 0.15) is 0 Å². The monoisotopic (exact) mass is 256 g/mol. The van der Waals surface area contributed by atoms with E-state index in [-0.39, 0.29) is 5.41 Å². The Morgan fingerprint density at radius 2 is 1.94 bits per heavy atom. The fourth-order valence-corrected chi connectivity index (χ4v) is 3.35. The molecule has 1 rings (SSSR count). The Balaban J connectivity index is 2.46. The van der Waals surface area contributed by atoms with Crippen molar-refractivity contribution in [3.05, 3.63) is 0 Å². The van der Waals surface area contributed by atoms with Gasteiger partial charge in [0.25, 0.3) is 0 Å². The Labute approximate surface area is 113 Å². The van der Waals surface area contributed by atoms with E-state index in [1.807, 2.05) is 0 Å². The lowest BCUT2D eigenvalue weighted by atomic mass is 9.86. The molecule has 0 bridgehead atoms. The molecule has 3 heteroatoms. The molecule has 0 amide bonds. The van der Waals surface area contributed by atoms with Crippen molar-refractivity contribution in [2.24, 2.45) is 5.41 Å². The van der Waals surface area contributed by atoms with Crippen LogP contribution in [0, 0.1) is 5.41 Å². The molecule has 1 aliphatic rings. The van der Waals surface area contributed by atoms with E-state index in [2.05, 4.69) is 37.5 Å². The van der Waals surface area contributed by atoms with Gasteiger partial charge in [-0.2, -0.15) is 0 Å². The SMILES string of the molecule is CCCC(C)(CO)CN1CCC(N(CC)CC)C1. The maximum Gasteiger partial charge on any atom is 0.0497 e. The fraction of sp³-hybridized carbons (Fsp3) is 1.00. The minimum absolute atomic E-state index is 0.0902. The van der Waals surface area contributed by atoms with Gasteiger partial charge in [-0.3, -0.25) is 4.90 Å². The van der Waals surface area contributed by atoms with Gasteiger partial charge in [-0.15, -0.1) is 0 Å². The van der Waals surface area contributed by atoms with Crippen molar-refractivity contribution in [3.63, 3.8) is 0 Å². The Hall–Kier alpha value is -0.120. The highest BCUT2D eigenvalue weighted by Crippen LogP contribution is 2.26. The summed E-state index contributed by atoms with van der Waals surface area (Å²) in [6.07, 6.45) is 3.57. The Bertz CT molecular complexity index is 231. The van der Waals surface area contributed by atoms with Crippen LogP contribution in [-0.2, 0) is 0 Å². The summed E-state index contributed by atoms with van der Waals surface area (Å²) in [5, 5.41) is 9.61. The first-order chi connectivity index (χ1) is 8.58. The number of nitrogens with zero attached hydrogens (tertiary/aromatic N) is 2. The van der Waals surface area contributed by atoms with Crippen LogP contribution in [-0.4, -0.2) is 60.3 Å². The largest absolute Gasteiger partial charge is 0.396 e. The maximum atomic E-state index is 9.61. The van der Waals surface area contributed by atoms with Crippen LogP contribution in [0.15, 0.2) is 0 Å². The summed E-state index contributed by atoms with van der Waals surface area (Å²) in [6, 6.07) is 0.726. The van der Waals surface area contributed by atoms with Crippen LogP contribution in [0.3, 0.4) is 0 Å². The highest BCUT2D eigenvalue weighted by molar-refractivity contribution is 4.86. The second-order valence-electron chi connectivity index (χ2n) is 6.12. The number of hydrogen-bond acceptors (Lipinski definition) is 3. The van der Waals surface area contributed by atoms with Gasteiger partial charge in [-0.05, 0) is 32.5 Å². The minimum Gasteiger partial charge on any atom is -0.396 e. The number of likely N-dealkylation sites (N-methyl/N-ethyl adjacent to an activating group) is 1. The first kappa shape index (κ1) is 15.9. The topological polar surface area (TPSA) is 26.7 Å². The second-order valence-corrected chi connectivity index (χ2v) is 6.12. The van der Waals surface area contributed by atoms with Crippen molar-refractivity contribution in [2.75, 3.05) is 39.3 Å². The first-order valence-corrected chi connectivity index (χ1v) is 7.65. The van der Waals surface area contributed by atoms with E-state index in [4.69, 9.17) is 0 Å². The van der Waals surface area contributed by atoms with Crippen LogP contribution in [0.4, 0.5) is 0 Å².